The molecule has 112 valence electrons. The van der Waals surface area contributed by atoms with Crippen LogP contribution in [-0.4, -0.2) is 0 Å². The van der Waals surface area contributed by atoms with Gasteiger partial charge in [0.25, 0.3) is 0 Å². The van der Waals surface area contributed by atoms with Crippen molar-refractivity contribution in [2.24, 2.45) is 5.84 Å². The van der Waals surface area contributed by atoms with Gasteiger partial charge in [0.1, 0.15) is 0 Å². The second kappa shape index (κ2) is 6.74. The molecule has 0 heterocycles. The van der Waals surface area contributed by atoms with E-state index in [4.69, 9.17) is 5.84 Å². The van der Waals surface area contributed by atoms with Crippen molar-refractivity contribution in [2.75, 3.05) is 0 Å². The molecule has 0 fully saturated rings. The van der Waals surface area contributed by atoms with Gasteiger partial charge in [0.2, 0.25) is 0 Å². The maximum absolute atomic E-state index is 13.8. The number of hydrogen-bond acceptors (Lipinski definition) is 2. The Balaban J connectivity index is 2.13. The zero-order chi connectivity index (χ0) is 15.4. The molecular weight excluding hydrogens is 277 g/mol. The van der Waals surface area contributed by atoms with Gasteiger partial charge >= 0.3 is 0 Å². The van der Waals surface area contributed by atoms with Crippen molar-refractivity contribution in [1.29, 1.82) is 0 Å². The van der Waals surface area contributed by atoms with Gasteiger partial charge in [-0.05, 0) is 31.4 Å². The van der Waals surface area contributed by atoms with Gasteiger partial charge < -0.3 is 0 Å². The Labute approximate surface area is 121 Å². The maximum Gasteiger partial charge on any atom is 0.194 e. The molecule has 0 aliphatic carbocycles. The monoisotopic (exact) mass is 294 g/mol. The summed E-state index contributed by atoms with van der Waals surface area (Å²) >= 11 is 0. The maximum atomic E-state index is 13.8. The van der Waals surface area contributed by atoms with Crippen molar-refractivity contribution in [2.45, 2.75) is 25.8 Å². The van der Waals surface area contributed by atoms with E-state index in [2.05, 4.69) is 5.43 Å². The van der Waals surface area contributed by atoms with E-state index in [0.717, 1.165) is 17.2 Å². The molecule has 0 saturated carbocycles. The molecule has 2 rings (SSSR count). The first-order valence-electron chi connectivity index (χ1n) is 6.68. The normalized spacial score (nSPS) is 12.4. The van der Waals surface area contributed by atoms with Gasteiger partial charge in [0.05, 0.1) is 0 Å². The van der Waals surface area contributed by atoms with E-state index in [9.17, 15) is 13.2 Å². The first-order valence-corrected chi connectivity index (χ1v) is 6.68. The van der Waals surface area contributed by atoms with Gasteiger partial charge in [-0.15, -0.1) is 0 Å². The van der Waals surface area contributed by atoms with E-state index in [1.807, 2.05) is 31.2 Å². The topological polar surface area (TPSA) is 38.0 Å². The minimum Gasteiger partial charge on any atom is -0.271 e. The van der Waals surface area contributed by atoms with Crippen LogP contribution in [0.1, 0.15) is 29.2 Å². The van der Waals surface area contributed by atoms with Crippen LogP contribution in [0.15, 0.2) is 36.4 Å². The molecule has 0 saturated heterocycles. The van der Waals surface area contributed by atoms with Gasteiger partial charge in [0.15, 0.2) is 17.5 Å². The van der Waals surface area contributed by atoms with Crippen molar-refractivity contribution in [3.8, 4) is 0 Å². The van der Waals surface area contributed by atoms with E-state index in [1.54, 1.807) is 0 Å². The Hall–Kier alpha value is -1.85. The SMILES string of the molecule is Cc1ccc(CCC(NN)c2ccc(F)c(F)c2F)cc1. The predicted molar refractivity (Wildman–Crippen MR) is 75.9 cm³/mol. The first kappa shape index (κ1) is 15.5. The Morgan fingerprint density at radius 1 is 1.00 bits per heavy atom. The summed E-state index contributed by atoms with van der Waals surface area (Å²) in [5, 5.41) is 0. The van der Waals surface area contributed by atoms with Gasteiger partial charge in [-0.25, -0.2) is 13.2 Å². The lowest BCUT2D eigenvalue weighted by Gasteiger charge is -2.17. The summed E-state index contributed by atoms with van der Waals surface area (Å²) in [7, 11) is 0. The van der Waals surface area contributed by atoms with Crippen LogP contribution in [0.25, 0.3) is 0 Å². The zero-order valence-corrected chi connectivity index (χ0v) is 11.7. The minimum atomic E-state index is -1.47. The van der Waals surface area contributed by atoms with Crippen molar-refractivity contribution in [1.82, 2.24) is 5.43 Å². The number of rotatable bonds is 5. The molecule has 0 spiro atoms. The average Bonchev–Trinajstić information content (AvgIpc) is 2.49. The molecule has 0 bridgehead atoms. The highest BCUT2D eigenvalue weighted by Crippen LogP contribution is 2.24. The number of nitrogens with two attached hydrogens (primary N) is 1. The summed E-state index contributed by atoms with van der Waals surface area (Å²) in [6.45, 7) is 1.99. The van der Waals surface area contributed by atoms with Crippen LogP contribution in [0.3, 0.4) is 0 Å². The van der Waals surface area contributed by atoms with Crippen LogP contribution in [0, 0.1) is 24.4 Å². The number of benzene rings is 2. The first-order chi connectivity index (χ1) is 10.0. The summed E-state index contributed by atoms with van der Waals surface area (Å²) < 4.78 is 40.0. The summed E-state index contributed by atoms with van der Waals surface area (Å²) in [6.07, 6.45) is 1.12. The van der Waals surface area contributed by atoms with Gasteiger partial charge in [-0.3, -0.25) is 11.3 Å². The van der Waals surface area contributed by atoms with E-state index in [-0.39, 0.29) is 5.56 Å². The Kier molecular flexibility index (Phi) is 4.98. The average molecular weight is 294 g/mol. The minimum absolute atomic E-state index is 0.0310. The fourth-order valence-corrected chi connectivity index (χ4v) is 2.20. The lowest BCUT2D eigenvalue weighted by atomic mass is 9.98. The molecule has 0 aliphatic heterocycles. The molecular formula is C16H17F3N2. The van der Waals surface area contributed by atoms with E-state index < -0.39 is 23.5 Å². The molecule has 0 aromatic heterocycles. The smallest absolute Gasteiger partial charge is 0.194 e. The number of halogens is 3. The highest BCUT2D eigenvalue weighted by molar-refractivity contribution is 5.25. The molecule has 0 radical (unpaired) electrons. The lowest BCUT2D eigenvalue weighted by molar-refractivity contribution is 0.419. The number of nitrogens with one attached hydrogen (secondary N) is 1. The van der Waals surface area contributed by atoms with Crippen molar-refractivity contribution >= 4 is 0 Å². The van der Waals surface area contributed by atoms with E-state index in [0.29, 0.717) is 12.8 Å². The second-order valence-corrected chi connectivity index (χ2v) is 5.01. The third kappa shape index (κ3) is 3.62. The van der Waals surface area contributed by atoms with Crippen LogP contribution in [0.2, 0.25) is 0 Å². The third-order valence-corrected chi connectivity index (χ3v) is 3.48. The highest BCUT2D eigenvalue weighted by Gasteiger charge is 2.19. The summed E-state index contributed by atoms with van der Waals surface area (Å²) in [5.74, 6) is 1.55. The molecule has 0 aliphatic rings. The van der Waals surface area contributed by atoms with E-state index >= 15 is 0 Å². The summed E-state index contributed by atoms with van der Waals surface area (Å²) in [4.78, 5) is 0. The third-order valence-electron chi connectivity index (χ3n) is 3.48. The van der Waals surface area contributed by atoms with Crippen LogP contribution >= 0.6 is 0 Å². The highest BCUT2D eigenvalue weighted by atomic mass is 19.2. The van der Waals surface area contributed by atoms with Gasteiger partial charge in [-0.1, -0.05) is 35.9 Å². The fraction of sp³-hybridized carbons (Fsp3) is 0.250. The molecule has 21 heavy (non-hydrogen) atoms. The van der Waals surface area contributed by atoms with Crippen LogP contribution in [0.4, 0.5) is 13.2 Å². The lowest BCUT2D eigenvalue weighted by Crippen LogP contribution is -2.29. The van der Waals surface area contributed by atoms with Crippen molar-refractivity contribution in [3.63, 3.8) is 0 Å². The van der Waals surface area contributed by atoms with Gasteiger partial charge in [0, 0.05) is 11.6 Å². The predicted octanol–water partition coefficient (Wildman–Crippen LogP) is 3.55. The molecule has 3 N–H and O–H groups in total. The number of hydrazine groups is 1. The molecule has 0 amide bonds. The molecule has 2 nitrogen and oxygen atoms in total. The van der Waals surface area contributed by atoms with Gasteiger partial charge in [-0.2, -0.15) is 0 Å². The van der Waals surface area contributed by atoms with Crippen molar-refractivity contribution in [3.05, 3.63) is 70.5 Å². The van der Waals surface area contributed by atoms with Crippen molar-refractivity contribution < 1.29 is 13.2 Å². The van der Waals surface area contributed by atoms with Crippen LogP contribution in [-0.2, 0) is 6.42 Å². The molecule has 5 heteroatoms. The summed E-state index contributed by atoms with van der Waals surface area (Å²) in [6, 6.07) is 9.46. The molecule has 1 atom stereocenters. The van der Waals surface area contributed by atoms with Crippen LogP contribution < -0.4 is 11.3 Å². The largest absolute Gasteiger partial charge is 0.271 e. The second-order valence-electron chi connectivity index (χ2n) is 5.01. The Morgan fingerprint density at radius 3 is 2.29 bits per heavy atom. The molecule has 1 unspecified atom stereocenters. The standard InChI is InChI=1S/C16H17F3N2/c1-10-2-4-11(5-3-10)6-9-14(21-20)12-7-8-13(17)16(19)15(12)18/h2-5,7-8,14,21H,6,9,20H2,1H3. The summed E-state index contributed by atoms with van der Waals surface area (Å²) in [5.41, 5.74) is 4.71. The number of aryl methyl sites for hydroxylation is 2. The fourth-order valence-electron chi connectivity index (χ4n) is 2.20. The number of hydrogen-bond donors (Lipinski definition) is 2. The Bertz CT molecular complexity index is 612. The van der Waals surface area contributed by atoms with Crippen LogP contribution in [0.5, 0.6) is 0 Å². The Morgan fingerprint density at radius 2 is 1.67 bits per heavy atom. The zero-order valence-electron chi connectivity index (χ0n) is 11.7. The quantitative estimate of drug-likeness (QED) is 0.503. The molecule has 2 aromatic rings. The van der Waals surface area contributed by atoms with E-state index in [1.165, 1.54) is 6.07 Å². The molecule has 2 aromatic carbocycles.